The Morgan fingerprint density at radius 3 is 2.78 bits per heavy atom. The Bertz CT molecular complexity index is 430. The third-order valence-corrected chi connectivity index (χ3v) is 2.35. The largest absolute Gasteiger partial charge is 0.465 e. The first kappa shape index (κ1) is 14.2. The molecular formula is C13H18N2O3. The SMILES string of the molecule is COC(=O)c1cccc(CNC(=O)CC(C)N)c1. The van der Waals surface area contributed by atoms with E-state index in [1.165, 1.54) is 7.11 Å². The van der Waals surface area contributed by atoms with Crippen LogP contribution in [0.1, 0.15) is 29.3 Å². The number of carbonyl (C=O) groups excluding carboxylic acids is 2. The molecule has 98 valence electrons. The molecular weight excluding hydrogens is 232 g/mol. The van der Waals surface area contributed by atoms with Gasteiger partial charge in [0, 0.05) is 19.0 Å². The highest BCUT2D eigenvalue weighted by molar-refractivity contribution is 5.89. The first-order valence-electron chi connectivity index (χ1n) is 5.72. The summed E-state index contributed by atoms with van der Waals surface area (Å²) < 4.78 is 4.63. The number of methoxy groups -OCH3 is 1. The van der Waals surface area contributed by atoms with Crippen molar-refractivity contribution in [1.82, 2.24) is 5.32 Å². The Balaban J connectivity index is 2.57. The highest BCUT2D eigenvalue weighted by Gasteiger charge is 2.07. The molecule has 0 spiro atoms. The maximum absolute atomic E-state index is 11.4. The number of carbonyl (C=O) groups is 2. The summed E-state index contributed by atoms with van der Waals surface area (Å²) in [5, 5.41) is 2.74. The summed E-state index contributed by atoms with van der Waals surface area (Å²) in [6.07, 6.45) is 0.288. The Kier molecular flexibility index (Phi) is 5.32. The van der Waals surface area contributed by atoms with Gasteiger partial charge in [0.05, 0.1) is 12.7 Å². The molecule has 3 N–H and O–H groups in total. The first-order valence-corrected chi connectivity index (χ1v) is 5.72. The van der Waals surface area contributed by atoms with Gasteiger partial charge in [-0.2, -0.15) is 0 Å². The standard InChI is InChI=1S/C13H18N2O3/c1-9(14)6-12(16)15-8-10-4-3-5-11(7-10)13(17)18-2/h3-5,7,9H,6,8,14H2,1-2H3,(H,15,16). The molecule has 1 amide bonds. The first-order chi connectivity index (χ1) is 8.52. The summed E-state index contributed by atoms with van der Waals surface area (Å²) >= 11 is 0. The molecule has 0 saturated heterocycles. The van der Waals surface area contributed by atoms with E-state index in [0.717, 1.165) is 5.56 Å². The number of amides is 1. The molecule has 0 saturated carbocycles. The predicted molar refractivity (Wildman–Crippen MR) is 67.9 cm³/mol. The van der Waals surface area contributed by atoms with Crippen molar-refractivity contribution in [3.8, 4) is 0 Å². The van der Waals surface area contributed by atoms with Crippen LogP contribution in [-0.4, -0.2) is 25.0 Å². The van der Waals surface area contributed by atoms with Gasteiger partial charge in [0.25, 0.3) is 0 Å². The van der Waals surface area contributed by atoms with Crippen LogP contribution in [0.2, 0.25) is 0 Å². The van der Waals surface area contributed by atoms with E-state index in [9.17, 15) is 9.59 Å². The molecule has 0 aromatic heterocycles. The Morgan fingerprint density at radius 1 is 1.44 bits per heavy atom. The number of hydrogen-bond donors (Lipinski definition) is 2. The van der Waals surface area contributed by atoms with E-state index in [1.807, 2.05) is 6.07 Å². The summed E-state index contributed by atoms with van der Waals surface area (Å²) in [6, 6.07) is 6.78. The van der Waals surface area contributed by atoms with Gasteiger partial charge < -0.3 is 15.8 Å². The van der Waals surface area contributed by atoms with Gasteiger partial charge in [0.15, 0.2) is 0 Å². The Hall–Kier alpha value is -1.88. The molecule has 0 aliphatic heterocycles. The van der Waals surface area contributed by atoms with Crippen molar-refractivity contribution < 1.29 is 14.3 Å². The van der Waals surface area contributed by atoms with E-state index in [1.54, 1.807) is 25.1 Å². The molecule has 0 aliphatic rings. The number of nitrogens with one attached hydrogen (secondary N) is 1. The normalized spacial score (nSPS) is 11.7. The fourth-order valence-corrected chi connectivity index (χ4v) is 1.49. The van der Waals surface area contributed by atoms with Gasteiger partial charge in [0.1, 0.15) is 0 Å². The van der Waals surface area contributed by atoms with Gasteiger partial charge in [0.2, 0.25) is 5.91 Å². The average Bonchev–Trinajstić information content (AvgIpc) is 2.35. The van der Waals surface area contributed by atoms with E-state index >= 15 is 0 Å². The summed E-state index contributed by atoms with van der Waals surface area (Å²) in [4.78, 5) is 22.7. The van der Waals surface area contributed by atoms with E-state index in [2.05, 4.69) is 10.1 Å². The van der Waals surface area contributed by atoms with Gasteiger partial charge in [-0.3, -0.25) is 4.79 Å². The van der Waals surface area contributed by atoms with E-state index in [0.29, 0.717) is 12.1 Å². The molecule has 1 aromatic carbocycles. The van der Waals surface area contributed by atoms with Crippen LogP contribution in [0.5, 0.6) is 0 Å². The number of nitrogens with two attached hydrogens (primary N) is 1. The highest BCUT2D eigenvalue weighted by Crippen LogP contribution is 2.06. The summed E-state index contributed by atoms with van der Waals surface area (Å²) in [5.74, 6) is -0.493. The van der Waals surface area contributed by atoms with Crippen molar-refractivity contribution in [2.24, 2.45) is 5.73 Å². The minimum absolute atomic E-state index is 0.103. The molecule has 5 nitrogen and oxygen atoms in total. The van der Waals surface area contributed by atoms with Crippen LogP contribution < -0.4 is 11.1 Å². The Labute approximate surface area is 106 Å². The zero-order chi connectivity index (χ0) is 13.5. The van der Waals surface area contributed by atoms with Crippen LogP contribution >= 0.6 is 0 Å². The molecule has 0 aliphatic carbocycles. The fourth-order valence-electron chi connectivity index (χ4n) is 1.49. The maximum atomic E-state index is 11.4. The van der Waals surface area contributed by atoms with Crippen LogP contribution in [0.4, 0.5) is 0 Å². The van der Waals surface area contributed by atoms with Crippen LogP contribution in [0, 0.1) is 0 Å². The number of hydrogen-bond acceptors (Lipinski definition) is 4. The summed E-state index contributed by atoms with van der Waals surface area (Å²) in [5.41, 5.74) is 6.83. The lowest BCUT2D eigenvalue weighted by atomic mass is 10.1. The minimum atomic E-state index is -0.390. The smallest absolute Gasteiger partial charge is 0.337 e. The molecule has 1 aromatic rings. The van der Waals surface area contributed by atoms with Crippen LogP contribution in [-0.2, 0) is 16.1 Å². The molecule has 5 heteroatoms. The number of benzene rings is 1. The third-order valence-electron chi connectivity index (χ3n) is 2.35. The van der Waals surface area contributed by atoms with Gasteiger partial charge in [-0.15, -0.1) is 0 Å². The highest BCUT2D eigenvalue weighted by atomic mass is 16.5. The molecule has 0 fully saturated rings. The van der Waals surface area contributed by atoms with Gasteiger partial charge in [-0.05, 0) is 24.6 Å². The summed E-state index contributed by atoms with van der Waals surface area (Å²) in [7, 11) is 1.33. The maximum Gasteiger partial charge on any atom is 0.337 e. The van der Waals surface area contributed by atoms with Crippen molar-refractivity contribution in [1.29, 1.82) is 0 Å². The topological polar surface area (TPSA) is 81.4 Å². The van der Waals surface area contributed by atoms with Gasteiger partial charge in [-0.1, -0.05) is 12.1 Å². The minimum Gasteiger partial charge on any atom is -0.465 e. The number of ether oxygens (including phenoxy) is 1. The van der Waals surface area contributed by atoms with Gasteiger partial charge >= 0.3 is 5.97 Å². The van der Waals surface area contributed by atoms with Crippen molar-refractivity contribution >= 4 is 11.9 Å². The molecule has 1 unspecified atom stereocenters. The van der Waals surface area contributed by atoms with E-state index in [-0.39, 0.29) is 18.4 Å². The van der Waals surface area contributed by atoms with Crippen LogP contribution in [0.15, 0.2) is 24.3 Å². The zero-order valence-corrected chi connectivity index (χ0v) is 10.6. The van der Waals surface area contributed by atoms with Crippen molar-refractivity contribution in [2.45, 2.75) is 25.9 Å². The zero-order valence-electron chi connectivity index (χ0n) is 10.6. The lowest BCUT2D eigenvalue weighted by Crippen LogP contribution is -2.29. The van der Waals surface area contributed by atoms with E-state index < -0.39 is 5.97 Å². The second-order valence-corrected chi connectivity index (χ2v) is 4.15. The number of rotatable bonds is 5. The average molecular weight is 250 g/mol. The third kappa shape index (κ3) is 4.55. The molecule has 0 radical (unpaired) electrons. The lowest BCUT2D eigenvalue weighted by molar-refractivity contribution is -0.121. The molecule has 1 rings (SSSR count). The fraction of sp³-hybridized carbons (Fsp3) is 0.385. The quantitative estimate of drug-likeness (QED) is 0.758. The monoisotopic (exact) mass is 250 g/mol. The van der Waals surface area contributed by atoms with E-state index in [4.69, 9.17) is 5.73 Å². The van der Waals surface area contributed by atoms with Crippen molar-refractivity contribution in [2.75, 3.05) is 7.11 Å². The number of esters is 1. The second kappa shape index (κ2) is 6.76. The second-order valence-electron chi connectivity index (χ2n) is 4.15. The molecule has 18 heavy (non-hydrogen) atoms. The molecule has 1 atom stereocenters. The predicted octanol–water partition coefficient (Wildman–Crippen LogP) is 0.827. The lowest BCUT2D eigenvalue weighted by Gasteiger charge is -2.08. The summed E-state index contributed by atoms with van der Waals surface area (Å²) in [6.45, 7) is 2.15. The van der Waals surface area contributed by atoms with Gasteiger partial charge in [-0.25, -0.2) is 4.79 Å². The molecule has 0 heterocycles. The van der Waals surface area contributed by atoms with Crippen molar-refractivity contribution in [3.63, 3.8) is 0 Å². The Morgan fingerprint density at radius 2 is 2.17 bits per heavy atom. The van der Waals surface area contributed by atoms with Crippen molar-refractivity contribution in [3.05, 3.63) is 35.4 Å². The van der Waals surface area contributed by atoms with Crippen LogP contribution in [0.25, 0.3) is 0 Å². The molecule has 0 bridgehead atoms. The van der Waals surface area contributed by atoms with Crippen LogP contribution in [0.3, 0.4) is 0 Å².